The van der Waals surface area contributed by atoms with E-state index in [2.05, 4.69) is 4.74 Å². The van der Waals surface area contributed by atoms with Crippen molar-refractivity contribution < 1.29 is 33.3 Å². The lowest BCUT2D eigenvalue weighted by atomic mass is 10.2. The molecule has 0 aliphatic carbocycles. The smallest absolute Gasteiger partial charge is 0.413 e. The maximum absolute atomic E-state index is 11.7. The molecule has 0 atom stereocenters. The van der Waals surface area contributed by atoms with Crippen LogP contribution < -0.4 is 14.8 Å². The number of hydrogen-bond acceptors (Lipinski definition) is 7. The van der Waals surface area contributed by atoms with Gasteiger partial charge in [-0.3, -0.25) is 10.1 Å². The lowest BCUT2D eigenvalue weighted by molar-refractivity contribution is -0.143. The first kappa shape index (κ1) is 22.0. The Balaban J connectivity index is 2.56. The van der Waals surface area contributed by atoms with Gasteiger partial charge in [-0.1, -0.05) is 19.9 Å². The van der Waals surface area contributed by atoms with Crippen molar-refractivity contribution in [1.82, 2.24) is 5.32 Å². The molecule has 8 nitrogen and oxygen atoms in total. The van der Waals surface area contributed by atoms with Crippen molar-refractivity contribution in [1.29, 1.82) is 0 Å². The Hall–Kier alpha value is -3.03. The fraction of sp³-hybridized carbons (Fsp3) is 0.421. The van der Waals surface area contributed by atoms with Crippen molar-refractivity contribution in [2.24, 2.45) is 5.92 Å². The highest BCUT2D eigenvalue weighted by molar-refractivity contribution is 5.94. The van der Waals surface area contributed by atoms with Gasteiger partial charge < -0.3 is 18.9 Å². The van der Waals surface area contributed by atoms with E-state index >= 15 is 0 Å². The number of amides is 2. The summed E-state index contributed by atoms with van der Waals surface area (Å²) >= 11 is 0. The van der Waals surface area contributed by atoms with Crippen LogP contribution >= 0.6 is 0 Å². The van der Waals surface area contributed by atoms with Gasteiger partial charge in [0.05, 0.1) is 20.3 Å². The van der Waals surface area contributed by atoms with Crippen molar-refractivity contribution in [2.45, 2.75) is 20.8 Å². The summed E-state index contributed by atoms with van der Waals surface area (Å²) in [6.45, 7) is 5.79. The van der Waals surface area contributed by atoms with Crippen LogP contribution in [-0.2, 0) is 19.1 Å². The third-order valence-corrected chi connectivity index (χ3v) is 3.03. The molecule has 0 aliphatic rings. The molecule has 0 saturated carbocycles. The van der Waals surface area contributed by atoms with Gasteiger partial charge in [0.2, 0.25) is 0 Å². The molecule has 0 spiro atoms. The summed E-state index contributed by atoms with van der Waals surface area (Å²) in [6.07, 6.45) is 1.79. The third kappa shape index (κ3) is 8.75. The fourth-order valence-electron chi connectivity index (χ4n) is 1.83. The summed E-state index contributed by atoms with van der Waals surface area (Å²) < 4.78 is 20.2. The highest BCUT2D eigenvalue weighted by Crippen LogP contribution is 2.28. The van der Waals surface area contributed by atoms with Crippen LogP contribution in [0.15, 0.2) is 24.3 Å². The van der Waals surface area contributed by atoms with Crippen molar-refractivity contribution in [3.8, 4) is 11.5 Å². The van der Waals surface area contributed by atoms with Gasteiger partial charge in [-0.2, -0.15) is 0 Å². The molecule has 27 heavy (non-hydrogen) atoms. The lowest BCUT2D eigenvalue weighted by Crippen LogP contribution is -2.34. The Bertz CT molecular complexity index is 683. The van der Waals surface area contributed by atoms with Crippen molar-refractivity contribution in [3.63, 3.8) is 0 Å². The van der Waals surface area contributed by atoms with Gasteiger partial charge in [-0.05, 0) is 36.6 Å². The monoisotopic (exact) mass is 379 g/mol. The Morgan fingerprint density at radius 2 is 1.89 bits per heavy atom. The zero-order valence-corrected chi connectivity index (χ0v) is 15.9. The van der Waals surface area contributed by atoms with Gasteiger partial charge in [0.1, 0.15) is 0 Å². The SMILES string of the molecule is CCOC(=O)NC(=O)COC(=O)/C=C/c1ccc(OCC(C)C)c(OC)c1. The molecular formula is C19H25NO7. The number of carbonyl (C=O) groups excluding carboxylic acids is 3. The van der Waals surface area contributed by atoms with E-state index in [9.17, 15) is 14.4 Å². The fourth-order valence-corrected chi connectivity index (χ4v) is 1.83. The average Bonchev–Trinajstić information content (AvgIpc) is 2.63. The predicted molar refractivity (Wildman–Crippen MR) is 98.5 cm³/mol. The maximum Gasteiger partial charge on any atom is 0.413 e. The molecule has 1 aromatic rings. The minimum absolute atomic E-state index is 0.131. The zero-order chi connectivity index (χ0) is 20.2. The van der Waals surface area contributed by atoms with Gasteiger partial charge >= 0.3 is 12.1 Å². The molecule has 1 aromatic carbocycles. The topological polar surface area (TPSA) is 100 Å². The molecule has 0 bridgehead atoms. The number of methoxy groups -OCH3 is 1. The zero-order valence-electron chi connectivity index (χ0n) is 15.9. The Morgan fingerprint density at radius 3 is 2.52 bits per heavy atom. The first-order chi connectivity index (χ1) is 12.8. The average molecular weight is 379 g/mol. The van der Waals surface area contributed by atoms with Gasteiger partial charge in [-0.15, -0.1) is 0 Å². The van der Waals surface area contributed by atoms with Gasteiger partial charge in [0.15, 0.2) is 18.1 Å². The number of hydrogen-bond donors (Lipinski definition) is 1. The molecule has 1 N–H and O–H groups in total. The van der Waals surface area contributed by atoms with Crippen LogP contribution in [-0.4, -0.2) is 44.9 Å². The highest BCUT2D eigenvalue weighted by atomic mass is 16.6. The summed E-state index contributed by atoms with van der Waals surface area (Å²) in [6, 6.07) is 5.22. The summed E-state index contributed by atoms with van der Waals surface area (Å²) in [5, 5.41) is 1.92. The molecule has 0 aromatic heterocycles. The second kappa shape index (κ2) is 11.6. The van der Waals surface area contributed by atoms with Crippen LogP contribution in [0.1, 0.15) is 26.3 Å². The van der Waals surface area contributed by atoms with E-state index in [4.69, 9.17) is 14.2 Å². The summed E-state index contributed by atoms with van der Waals surface area (Å²) in [5.74, 6) is 0.0308. The van der Waals surface area contributed by atoms with Crippen molar-refractivity contribution in [3.05, 3.63) is 29.8 Å². The second-order valence-corrected chi connectivity index (χ2v) is 5.82. The maximum atomic E-state index is 11.7. The summed E-state index contributed by atoms with van der Waals surface area (Å²) in [5.41, 5.74) is 0.691. The van der Waals surface area contributed by atoms with Gasteiger partial charge in [0, 0.05) is 6.08 Å². The minimum Gasteiger partial charge on any atom is -0.493 e. The van der Waals surface area contributed by atoms with E-state index in [-0.39, 0.29) is 6.61 Å². The predicted octanol–water partition coefficient (Wildman–Crippen LogP) is 2.56. The van der Waals surface area contributed by atoms with E-state index in [1.54, 1.807) is 25.1 Å². The van der Waals surface area contributed by atoms with E-state index < -0.39 is 24.6 Å². The standard InChI is InChI=1S/C19H25NO7/c1-5-25-19(23)20-17(21)12-27-18(22)9-7-14-6-8-15(16(10-14)24-4)26-11-13(2)3/h6-10,13H,5,11-12H2,1-4H3,(H,20,21,23)/b9-7+. The van der Waals surface area contributed by atoms with E-state index in [0.717, 1.165) is 0 Å². The molecule has 0 aliphatic heterocycles. The number of alkyl carbamates (subject to hydrolysis) is 1. The first-order valence-electron chi connectivity index (χ1n) is 8.48. The number of benzene rings is 1. The van der Waals surface area contributed by atoms with Gasteiger partial charge in [-0.25, -0.2) is 9.59 Å². The lowest BCUT2D eigenvalue weighted by Gasteiger charge is -2.12. The molecule has 0 unspecified atom stereocenters. The number of imide groups is 1. The summed E-state index contributed by atoms with van der Waals surface area (Å²) in [4.78, 5) is 34.1. The Morgan fingerprint density at radius 1 is 1.15 bits per heavy atom. The molecule has 8 heteroatoms. The molecule has 148 valence electrons. The van der Waals surface area contributed by atoms with Crippen LogP contribution in [0.3, 0.4) is 0 Å². The largest absolute Gasteiger partial charge is 0.493 e. The van der Waals surface area contributed by atoms with Gasteiger partial charge in [0.25, 0.3) is 5.91 Å². The number of esters is 1. The van der Waals surface area contributed by atoms with Crippen LogP contribution in [0.5, 0.6) is 11.5 Å². The first-order valence-corrected chi connectivity index (χ1v) is 8.48. The van der Waals surface area contributed by atoms with Crippen molar-refractivity contribution >= 4 is 24.0 Å². The molecule has 0 fully saturated rings. The minimum atomic E-state index is -0.888. The third-order valence-electron chi connectivity index (χ3n) is 3.03. The molecular weight excluding hydrogens is 354 g/mol. The molecule has 2 amide bonds. The normalized spacial score (nSPS) is 10.6. The number of ether oxygens (including phenoxy) is 4. The van der Waals surface area contributed by atoms with Crippen LogP contribution in [0.25, 0.3) is 6.08 Å². The van der Waals surface area contributed by atoms with E-state index in [0.29, 0.717) is 29.6 Å². The second-order valence-electron chi connectivity index (χ2n) is 5.82. The summed E-state index contributed by atoms with van der Waals surface area (Å²) in [7, 11) is 1.53. The van der Waals surface area contributed by atoms with E-state index in [1.807, 2.05) is 19.2 Å². The number of rotatable bonds is 9. The Labute approximate surface area is 158 Å². The van der Waals surface area contributed by atoms with E-state index in [1.165, 1.54) is 19.3 Å². The van der Waals surface area contributed by atoms with Crippen LogP contribution in [0, 0.1) is 5.92 Å². The highest BCUT2D eigenvalue weighted by Gasteiger charge is 2.10. The molecule has 1 rings (SSSR count). The van der Waals surface area contributed by atoms with Crippen LogP contribution in [0.2, 0.25) is 0 Å². The van der Waals surface area contributed by atoms with Crippen LogP contribution in [0.4, 0.5) is 4.79 Å². The number of carbonyl (C=O) groups is 3. The molecule has 0 radical (unpaired) electrons. The molecule has 0 heterocycles. The Kier molecular flexibility index (Phi) is 9.42. The quantitative estimate of drug-likeness (QED) is 0.520. The van der Waals surface area contributed by atoms with Crippen molar-refractivity contribution in [2.75, 3.05) is 26.9 Å². The number of nitrogens with one attached hydrogen (secondary N) is 1. The molecule has 0 saturated heterocycles.